The molecule has 0 unspecified atom stereocenters. The minimum absolute atomic E-state index is 0.439. The first kappa shape index (κ1) is 11.7. The van der Waals surface area contributed by atoms with E-state index >= 15 is 0 Å². The lowest BCUT2D eigenvalue weighted by Crippen LogP contribution is -2.30. The Bertz CT molecular complexity index is 318. The average Bonchev–Trinajstić information content (AvgIpc) is 2.47. The number of aliphatic hydroxyl groups is 1. The fraction of sp³-hybridized carbons (Fsp3) is 0.600. The lowest BCUT2D eigenvalue weighted by atomic mass is 9.87. The molecule has 0 radical (unpaired) electrons. The van der Waals surface area contributed by atoms with Crippen molar-refractivity contribution in [3.05, 3.63) is 35.4 Å². The van der Waals surface area contributed by atoms with Crippen LogP contribution in [0.15, 0.2) is 24.3 Å². The van der Waals surface area contributed by atoms with Crippen molar-refractivity contribution in [2.45, 2.75) is 57.5 Å². The van der Waals surface area contributed by atoms with Crippen LogP contribution < -0.4 is 0 Å². The molecule has 0 amide bonds. The van der Waals surface area contributed by atoms with Gasteiger partial charge in [0, 0.05) is 6.42 Å². The van der Waals surface area contributed by atoms with Crippen LogP contribution in [0.25, 0.3) is 0 Å². The molecule has 1 heteroatoms. The Morgan fingerprint density at radius 3 is 2.12 bits per heavy atom. The zero-order valence-electron chi connectivity index (χ0n) is 10.2. The number of hydrogen-bond donors (Lipinski definition) is 1. The van der Waals surface area contributed by atoms with Gasteiger partial charge in [-0.2, -0.15) is 0 Å². The van der Waals surface area contributed by atoms with Gasteiger partial charge in [-0.15, -0.1) is 0 Å². The summed E-state index contributed by atoms with van der Waals surface area (Å²) in [6, 6.07) is 8.57. The van der Waals surface area contributed by atoms with E-state index in [-0.39, 0.29) is 0 Å². The first-order chi connectivity index (χ1) is 7.68. The van der Waals surface area contributed by atoms with Gasteiger partial charge in [0.05, 0.1) is 5.60 Å². The van der Waals surface area contributed by atoms with Crippen LogP contribution in [0.4, 0.5) is 0 Å². The van der Waals surface area contributed by atoms with Crippen LogP contribution in [0.3, 0.4) is 0 Å². The van der Waals surface area contributed by atoms with Crippen molar-refractivity contribution in [3.8, 4) is 0 Å². The Balaban J connectivity index is 2.04. The molecule has 0 aromatic heterocycles. The number of rotatable bonds is 2. The summed E-state index contributed by atoms with van der Waals surface area (Å²) in [4.78, 5) is 0. The summed E-state index contributed by atoms with van der Waals surface area (Å²) in [5.41, 5.74) is 2.12. The number of hydrogen-bond acceptors (Lipinski definition) is 1. The van der Waals surface area contributed by atoms with Gasteiger partial charge in [-0.3, -0.25) is 0 Å². The molecule has 0 bridgehead atoms. The molecule has 0 heterocycles. The van der Waals surface area contributed by atoms with Gasteiger partial charge in [0.15, 0.2) is 0 Å². The zero-order chi connectivity index (χ0) is 11.4. The molecule has 0 saturated heterocycles. The van der Waals surface area contributed by atoms with Gasteiger partial charge in [0.2, 0.25) is 0 Å². The summed E-state index contributed by atoms with van der Waals surface area (Å²) in [6.45, 7) is 2.10. The third-order valence-electron chi connectivity index (χ3n) is 3.69. The second-order valence-electron chi connectivity index (χ2n) is 5.30. The zero-order valence-corrected chi connectivity index (χ0v) is 10.2. The quantitative estimate of drug-likeness (QED) is 0.752. The van der Waals surface area contributed by atoms with E-state index in [1.165, 1.54) is 36.8 Å². The molecule has 1 fully saturated rings. The molecule has 1 N–H and O–H groups in total. The maximum atomic E-state index is 10.6. The standard InChI is InChI=1S/C15H22O/c1-13-6-8-14(9-7-13)12-15(16)10-4-2-3-5-11-15/h6-9,16H,2-5,10-12H2,1H3. The van der Waals surface area contributed by atoms with Gasteiger partial charge in [0.1, 0.15) is 0 Å². The first-order valence-electron chi connectivity index (χ1n) is 6.46. The smallest absolute Gasteiger partial charge is 0.0688 e. The summed E-state index contributed by atoms with van der Waals surface area (Å²) in [6.07, 6.45) is 7.71. The van der Waals surface area contributed by atoms with Gasteiger partial charge in [-0.1, -0.05) is 55.5 Å². The van der Waals surface area contributed by atoms with E-state index in [2.05, 4.69) is 31.2 Å². The lowest BCUT2D eigenvalue weighted by molar-refractivity contribution is 0.0252. The number of benzene rings is 1. The predicted octanol–water partition coefficient (Wildman–Crippen LogP) is 3.62. The van der Waals surface area contributed by atoms with E-state index in [9.17, 15) is 5.11 Å². The van der Waals surface area contributed by atoms with Crippen molar-refractivity contribution in [3.63, 3.8) is 0 Å². The van der Waals surface area contributed by atoms with Crippen molar-refractivity contribution in [1.29, 1.82) is 0 Å². The van der Waals surface area contributed by atoms with Gasteiger partial charge in [-0.05, 0) is 25.3 Å². The Morgan fingerprint density at radius 2 is 1.56 bits per heavy atom. The topological polar surface area (TPSA) is 20.2 Å². The largest absolute Gasteiger partial charge is 0.390 e. The maximum Gasteiger partial charge on any atom is 0.0688 e. The van der Waals surface area contributed by atoms with Crippen LogP contribution in [-0.4, -0.2) is 10.7 Å². The van der Waals surface area contributed by atoms with Gasteiger partial charge in [0.25, 0.3) is 0 Å². The fourth-order valence-electron chi connectivity index (χ4n) is 2.65. The van der Waals surface area contributed by atoms with Crippen LogP contribution in [-0.2, 0) is 6.42 Å². The number of aryl methyl sites for hydroxylation is 1. The van der Waals surface area contributed by atoms with Gasteiger partial charge >= 0.3 is 0 Å². The molecule has 1 aliphatic rings. The van der Waals surface area contributed by atoms with E-state index in [4.69, 9.17) is 0 Å². The monoisotopic (exact) mass is 218 g/mol. The fourth-order valence-corrected chi connectivity index (χ4v) is 2.65. The summed E-state index contributed by atoms with van der Waals surface area (Å²) in [5, 5.41) is 10.6. The highest BCUT2D eigenvalue weighted by Gasteiger charge is 2.27. The lowest BCUT2D eigenvalue weighted by Gasteiger charge is -2.26. The highest BCUT2D eigenvalue weighted by atomic mass is 16.3. The average molecular weight is 218 g/mol. The summed E-state index contributed by atoms with van der Waals surface area (Å²) in [7, 11) is 0. The molecule has 88 valence electrons. The Labute approximate surface area is 98.5 Å². The first-order valence-corrected chi connectivity index (χ1v) is 6.46. The van der Waals surface area contributed by atoms with Crippen molar-refractivity contribution in [2.75, 3.05) is 0 Å². The van der Waals surface area contributed by atoms with E-state index in [0.717, 1.165) is 19.3 Å². The van der Waals surface area contributed by atoms with E-state index in [1.54, 1.807) is 0 Å². The normalized spacial score (nSPS) is 20.4. The van der Waals surface area contributed by atoms with Gasteiger partial charge < -0.3 is 5.11 Å². The summed E-state index contributed by atoms with van der Waals surface area (Å²) in [5.74, 6) is 0. The molecule has 0 aliphatic heterocycles. The summed E-state index contributed by atoms with van der Waals surface area (Å²) >= 11 is 0. The Kier molecular flexibility index (Phi) is 3.65. The van der Waals surface area contributed by atoms with Crippen LogP contribution in [0.5, 0.6) is 0 Å². The molecule has 2 rings (SSSR count). The minimum atomic E-state index is -0.439. The van der Waals surface area contributed by atoms with Crippen molar-refractivity contribution < 1.29 is 5.11 Å². The van der Waals surface area contributed by atoms with Crippen LogP contribution in [0, 0.1) is 6.92 Å². The van der Waals surface area contributed by atoms with Gasteiger partial charge in [-0.25, -0.2) is 0 Å². The van der Waals surface area contributed by atoms with Crippen molar-refractivity contribution in [1.82, 2.24) is 0 Å². The third kappa shape index (κ3) is 3.08. The molecule has 1 aliphatic carbocycles. The van der Waals surface area contributed by atoms with Crippen molar-refractivity contribution in [2.24, 2.45) is 0 Å². The SMILES string of the molecule is Cc1ccc(CC2(O)CCCCCC2)cc1. The second-order valence-corrected chi connectivity index (χ2v) is 5.30. The molecule has 16 heavy (non-hydrogen) atoms. The molecule has 1 aromatic rings. The molecule has 1 nitrogen and oxygen atoms in total. The van der Waals surface area contributed by atoms with Crippen LogP contribution in [0.1, 0.15) is 49.7 Å². The predicted molar refractivity (Wildman–Crippen MR) is 67.5 cm³/mol. The molecule has 1 saturated carbocycles. The minimum Gasteiger partial charge on any atom is -0.390 e. The van der Waals surface area contributed by atoms with E-state index in [1.807, 2.05) is 0 Å². The maximum absolute atomic E-state index is 10.6. The van der Waals surface area contributed by atoms with E-state index in [0.29, 0.717) is 0 Å². The highest BCUT2D eigenvalue weighted by Crippen LogP contribution is 2.30. The Hall–Kier alpha value is -0.820. The summed E-state index contributed by atoms with van der Waals surface area (Å²) < 4.78 is 0. The molecule has 0 spiro atoms. The highest BCUT2D eigenvalue weighted by molar-refractivity contribution is 5.22. The van der Waals surface area contributed by atoms with Crippen LogP contribution in [0.2, 0.25) is 0 Å². The Morgan fingerprint density at radius 1 is 1.00 bits per heavy atom. The van der Waals surface area contributed by atoms with Crippen LogP contribution >= 0.6 is 0 Å². The second kappa shape index (κ2) is 5.01. The molecule has 1 aromatic carbocycles. The molecular weight excluding hydrogens is 196 g/mol. The molecular formula is C15H22O. The third-order valence-corrected chi connectivity index (χ3v) is 3.69. The molecule has 0 atom stereocenters. The van der Waals surface area contributed by atoms with Crippen molar-refractivity contribution >= 4 is 0 Å². The van der Waals surface area contributed by atoms with E-state index < -0.39 is 5.60 Å².